The summed E-state index contributed by atoms with van der Waals surface area (Å²) in [6.45, 7) is 0.852. The van der Waals surface area contributed by atoms with Gasteiger partial charge in [-0.3, -0.25) is 14.4 Å². The molecule has 0 radical (unpaired) electrons. The largest absolute Gasteiger partial charge is 0.489 e. The molecular weight excluding hydrogens is 388 g/mol. The highest BCUT2D eigenvalue weighted by atomic mass is 16.5. The molecule has 0 spiro atoms. The summed E-state index contributed by atoms with van der Waals surface area (Å²) in [5.74, 6) is -0.116. The SMILES string of the molecule is COC(=O)C[C@H]1C(=O)NCCN1C(=O)COc1ccc(OCc2ccccc2)cc1. The zero-order valence-electron chi connectivity index (χ0n) is 16.7. The third-order valence-electron chi connectivity index (χ3n) is 4.67. The van der Waals surface area contributed by atoms with E-state index in [0.717, 1.165) is 5.56 Å². The molecule has 0 unspecified atom stereocenters. The van der Waals surface area contributed by atoms with Gasteiger partial charge in [-0.25, -0.2) is 0 Å². The molecule has 1 atom stereocenters. The fourth-order valence-electron chi connectivity index (χ4n) is 3.06. The second kappa shape index (κ2) is 10.3. The van der Waals surface area contributed by atoms with Crippen molar-refractivity contribution in [1.29, 1.82) is 0 Å². The Morgan fingerprint density at radius 3 is 2.37 bits per heavy atom. The number of nitrogens with one attached hydrogen (secondary N) is 1. The van der Waals surface area contributed by atoms with E-state index in [1.807, 2.05) is 30.3 Å². The van der Waals surface area contributed by atoms with Crippen LogP contribution in [0.3, 0.4) is 0 Å². The molecule has 1 saturated heterocycles. The highest BCUT2D eigenvalue weighted by molar-refractivity contribution is 5.92. The standard InChI is InChI=1S/C22H24N2O6/c1-28-21(26)13-19-22(27)23-11-12-24(19)20(25)15-30-18-9-7-17(8-10-18)29-14-16-5-3-2-4-6-16/h2-10,19H,11-15H2,1H3,(H,23,27)/t19-/m0/s1. The number of benzene rings is 2. The van der Waals surface area contributed by atoms with Crippen molar-refractivity contribution in [3.05, 3.63) is 60.2 Å². The van der Waals surface area contributed by atoms with Gasteiger partial charge < -0.3 is 24.4 Å². The zero-order valence-corrected chi connectivity index (χ0v) is 16.7. The van der Waals surface area contributed by atoms with Gasteiger partial charge in [0.2, 0.25) is 5.91 Å². The van der Waals surface area contributed by atoms with E-state index in [-0.39, 0.29) is 24.8 Å². The Morgan fingerprint density at radius 1 is 1.03 bits per heavy atom. The quantitative estimate of drug-likeness (QED) is 0.661. The van der Waals surface area contributed by atoms with Crippen molar-refractivity contribution in [2.24, 2.45) is 0 Å². The van der Waals surface area contributed by atoms with Crippen molar-refractivity contribution in [3.63, 3.8) is 0 Å². The number of hydrogen-bond acceptors (Lipinski definition) is 6. The summed E-state index contributed by atoms with van der Waals surface area (Å²) < 4.78 is 15.9. The summed E-state index contributed by atoms with van der Waals surface area (Å²) in [4.78, 5) is 37.6. The molecule has 1 fully saturated rings. The van der Waals surface area contributed by atoms with Crippen molar-refractivity contribution < 1.29 is 28.6 Å². The van der Waals surface area contributed by atoms with Crippen molar-refractivity contribution in [2.75, 3.05) is 26.8 Å². The van der Waals surface area contributed by atoms with Gasteiger partial charge in [-0.1, -0.05) is 30.3 Å². The Labute approximate surface area is 174 Å². The lowest BCUT2D eigenvalue weighted by Gasteiger charge is -2.34. The Kier molecular flexibility index (Phi) is 7.26. The molecule has 8 nitrogen and oxygen atoms in total. The van der Waals surface area contributed by atoms with E-state index in [4.69, 9.17) is 9.47 Å². The molecule has 0 bridgehead atoms. The van der Waals surface area contributed by atoms with E-state index in [1.165, 1.54) is 12.0 Å². The van der Waals surface area contributed by atoms with Crippen LogP contribution in [0.2, 0.25) is 0 Å². The van der Waals surface area contributed by atoms with E-state index in [9.17, 15) is 14.4 Å². The average molecular weight is 412 g/mol. The van der Waals surface area contributed by atoms with Crippen molar-refractivity contribution in [1.82, 2.24) is 10.2 Å². The lowest BCUT2D eigenvalue weighted by Crippen LogP contribution is -2.58. The molecule has 158 valence electrons. The second-order valence-electron chi connectivity index (χ2n) is 6.71. The summed E-state index contributed by atoms with van der Waals surface area (Å²) in [5, 5.41) is 2.65. The lowest BCUT2D eigenvalue weighted by molar-refractivity contribution is -0.151. The van der Waals surface area contributed by atoms with Gasteiger partial charge in [0.25, 0.3) is 5.91 Å². The van der Waals surface area contributed by atoms with Crippen LogP contribution in [0.25, 0.3) is 0 Å². The number of carbonyl (C=O) groups excluding carboxylic acids is 3. The van der Waals surface area contributed by atoms with Crippen LogP contribution in [0, 0.1) is 0 Å². The number of carbonyl (C=O) groups is 3. The second-order valence-corrected chi connectivity index (χ2v) is 6.71. The van der Waals surface area contributed by atoms with Gasteiger partial charge in [-0.05, 0) is 29.8 Å². The summed E-state index contributed by atoms with van der Waals surface area (Å²) in [6, 6.07) is 15.9. The van der Waals surface area contributed by atoms with Gasteiger partial charge in [-0.15, -0.1) is 0 Å². The first-order valence-electron chi connectivity index (χ1n) is 9.60. The molecule has 2 aromatic carbocycles. The minimum atomic E-state index is -0.893. The van der Waals surface area contributed by atoms with Crippen LogP contribution >= 0.6 is 0 Å². The maximum atomic E-state index is 12.6. The molecule has 3 rings (SSSR count). The van der Waals surface area contributed by atoms with Gasteiger partial charge in [-0.2, -0.15) is 0 Å². The van der Waals surface area contributed by atoms with E-state index >= 15 is 0 Å². The molecule has 0 saturated carbocycles. The molecule has 1 N–H and O–H groups in total. The first-order chi connectivity index (χ1) is 14.6. The summed E-state index contributed by atoms with van der Waals surface area (Å²) in [7, 11) is 1.24. The van der Waals surface area contributed by atoms with Crippen LogP contribution in [-0.4, -0.2) is 55.5 Å². The topological polar surface area (TPSA) is 94.2 Å². The lowest BCUT2D eigenvalue weighted by atomic mass is 10.1. The number of ether oxygens (including phenoxy) is 3. The number of amides is 2. The molecule has 0 aliphatic carbocycles. The first kappa shape index (κ1) is 21.2. The summed E-state index contributed by atoms with van der Waals surface area (Å²) >= 11 is 0. The molecule has 2 amide bonds. The maximum absolute atomic E-state index is 12.6. The van der Waals surface area contributed by atoms with E-state index in [1.54, 1.807) is 24.3 Å². The predicted molar refractivity (Wildman–Crippen MR) is 108 cm³/mol. The molecule has 1 heterocycles. The molecule has 1 aliphatic heterocycles. The number of esters is 1. The summed E-state index contributed by atoms with van der Waals surface area (Å²) in [6.07, 6.45) is -0.193. The summed E-state index contributed by atoms with van der Waals surface area (Å²) in [5.41, 5.74) is 1.07. The van der Waals surface area contributed by atoms with Gasteiger partial charge >= 0.3 is 5.97 Å². The maximum Gasteiger partial charge on any atom is 0.308 e. The Hall–Kier alpha value is -3.55. The smallest absolute Gasteiger partial charge is 0.308 e. The van der Waals surface area contributed by atoms with E-state index < -0.39 is 12.0 Å². The first-order valence-corrected chi connectivity index (χ1v) is 9.60. The third kappa shape index (κ3) is 5.73. The highest BCUT2D eigenvalue weighted by Gasteiger charge is 2.35. The fourth-order valence-corrected chi connectivity index (χ4v) is 3.06. The van der Waals surface area contributed by atoms with Crippen LogP contribution in [0.4, 0.5) is 0 Å². The molecule has 8 heteroatoms. The molecule has 1 aliphatic rings. The number of methoxy groups -OCH3 is 1. The normalized spacial score (nSPS) is 15.8. The van der Waals surface area contributed by atoms with Crippen molar-refractivity contribution >= 4 is 17.8 Å². The molecule has 30 heavy (non-hydrogen) atoms. The van der Waals surface area contributed by atoms with Crippen LogP contribution in [0.1, 0.15) is 12.0 Å². The average Bonchev–Trinajstić information content (AvgIpc) is 2.78. The highest BCUT2D eigenvalue weighted by Crippen LogP contribution is 2.19. The Balaban J connectivity index is 1.52. The monoisotopic (exact) mass is 412 g/mol. The zero-order chi connectivity index (χ0) is 21.3. The van der Waals surface area contributed by atoms with Crippen LogP contribution in [-0.2, 0) is 25.7 Å². The minimum absolute atomic E-state index is 0.193. The molecule has 2 aromatic rings. The Bertz CT molecular complexity index is 869. The van der Waals surface area contributed by atoms with E-state index in [2.05, 4.69) is 10.1 Å². The van der Waals surface area contributed by atoms with Crippen LogP contribution in [0.15, 0.2) is 54.6 Å². The van der Waals surface area contributed by atoms with Crippen molar-refractivity contribution in [3.8, 4) is 11.5 Å². The number of nitrogens with zero attached hydrogens (tertiary/aromatic N) is 1. The van der Waals surface area contributed by atoms with Crippen molar-refractivity contribution in [2.45, 2.75) is 19.1 Å². The van der Waals surface area contributed by atoms with Crippen LogP contribution < -0.4 is 14.8 Å². The molecule has 0 aromatic heterocycles. The number of rotatable bonds is 8. The van der Waals surface area contributed by atoms with Gasteiger partial charge in [0, 0.05) is 13.1 Å². The number of hydrogen-bond donors (Lipinski definition) is 1. The molecular formula is C22H24N2O6. The van der Waals surface area contributed by atoms with E-state index in [0.29, 0.717) is 31.2 Å². The predicted octanol–water partition coefficient (Wildman–Crippen LogP) is 1.53. The van der Waals surface area contributed by atoms with Gasteiger partial charge in [0.1, 0.15) is 24.1 Å². The Morgan fingerprint density at radius 2 is 1.70 bits per heavy atom. The van der Waals surface area contributed by atoms with Gasteiger partial charge in [0.15, 0.2) is 6.61 Å². The van der Waals surface area contributed by atoms with Gasteiger partial charge in [0.05, 0.1) is 13.5 Å². The van der Waals surface area contributed by atoms with Crippen LogP contribution in [0.5, 0.6) is 11.5 Å². The third-order valence-corrected chi connectivity index (χ3v) is 4.67. The minimum Gasteiger partial charge on any atom is -0.489 e. The number of piperazine rings is 1. The fraction of sp³-hybridized carbons (Fsp3) is 0.318.